The van der Waals surface area contributed by atoms with Crippen LogP contribution in [0, 0.1) is 0 Å². The van der Waals surface area contributed by atoms with Crippen LogP contribution in [0.4, 0.5) is 0 Å². The lowest BCUT2D eigenvalue weighted by Crippen LogP contribution is -2.19. The third-order valence-corrected chi connectivity index (χ3v) is 2.54. The Morgan fingerprint density at radius 1 is 1.35 bits per heavy atom. The second-order valence-corrected chi connectivity index (χ2v) is 3.55. The highest BCUT2D eigenvalue weighted by molar-refractivity contribution is 5.68. The molecule has 1 atom stereocenters. The van der Waals surface area contributed by atoms with Crippen molar-refractivity contribution in [2.24, 2.45) is 0 Å². The topological polar surface area (TPSA) is 67.8 Å². The van der Waals surface area contributed by atoms with Crippen LogP contribution in [0.25, 0.3) is 0 Å². The Labute approximate surface area is 100 Å². The van der Waals surface area contributed by atoms with Gasteiger partial charge in [-0.05, 0) is 24.7 Å². The molecule has 1 rings (SSSR count). The van der Waals surface area contributed by atoms with Crippen molar-refractivity contribution in [2.45, 2.75) is 12.5 Å². The molecule has 0 aromatic heterocycles. The van der Waals surface area contributed by atoms with Crippen molar-refractivity contribution in [3.63, 3.8) is 0 Å². The number of methoxy groups -OCH3 is 2. The summed E-state index contributed by atoms with van der Waals surface area (Å²) in [7, 11) is 4.84. The average Bonchev–Trinajstić information content (AvgIpc) is 2.34. The molecule has 1 aromatic rings. The van der Waals surface area contributed by atoms with Crippen molar-refractivity contribution in [3.05, 3.63) is 23.8 Å². The zero-order valence-electron chi connectivity index (χ0n) is 10.2. The molecule has 0 radical (unpaired) electrons. The third kappa shape index (κ3) is 3.35. The van der Waals surface area contributed by atoms with Gasteiger partial charge in [-0.1, -0.05) is 6.07 Å². The van der Waals surface area contributed by atoms with Gasteiger partial charge >= 0.3 is 5.97 Å². The van der Waals surface area contributed by atoms with Gasteiger partial charge in [-0.25, -0.2) is 0 Å². The summed E-state index contributed by atoms with van der Waals surface area (Å²) in [5.74, 6) is 0.371. The van der Waals surface area contributed by atoms with Crippen molar-refractivity contribution in [1.29, 1.82) is 0 Å². The molecule has 5 heteroatoms. The van der Waals surface area contributed by atoms with E-state index in [0.29, 0.717) is 11.5 Å². The Bertz CT molecular complexity index is 392. The largest absolute Gasteiger partial charge is 0.493 e. The van der Waals surface area contributed by atoms with Gasteiger partial charge in [0.05, 0.1) is 20.6 Å². The van der Waals surface area contributed by atoms with E-state index in [1.165, 1.54) is 0 Å². The number of benzene rings is 1. The predicted octanol–water partition coefficient (Wildman–Crippen LogP) is 1.44. The Kier molecular flexibility index (Phi) is 4.78. The van der Waals surface area contributed by atoms with E-state index < -0.39 is 5.97 Å². The maximum absolute atomic E-state index is 10.7. The molecule has 2 N–H and O–H groups in total. The molecular formula is C12H17NO4. The van der Waals surface area contributed by atoms with Gasteiger partial charge in [0.15, 0.2) is 11.5 Å². The van der Waals surface area contributed by atoms with Gasteiger partial charge in [0.1, 0.15) is 0 Å². The standard InChI is InChI=1S/C12H17NO4/c1-13-9(7-12(14)15)8-4-5-10(16-2)11(6-8)17-3/h4-6,9,13H,7H2,1-3H3,(H,14,15). The lowest BCUT2D eigenvalue weighted by Gasteiger charge is -2.16. The van der Waals surface area contributed by atoms with E-state index in [4.69, 9.17) is 14.6 Å². The number of hydrogen-bond donors (Lipinski definition) is 2. The fourth-order valence-corrected chi connectivity index (χ4v) is 1.63. The summed E-state index contributed by atoms with van der Waals surface area (Å²) in [6, 6.07) is 5.13. The number of carboxylic acids is 1. The summed E-state index contributed by atoms with van der Waals surface area (Å²) < 4.78 is 10.3. The molecule has 0 aliphatic carbocycles. The van der Waals surface area contributed by atoms with Gasteiger partial charge in [-0.15, -0.1) is 0 Å². The molecule has 0 saturated carbocycles. The highest BCUT2D eigenvalue weighted by atomic mass is 16.5. The predicted molar refractivity (Wildman–Crippen MR) is 63.6 cm³/mol. The molecule has 94 valence electrons. The SMILES string of the molecule is CNC(CC(=O)O)c1ccc(OC)c(OC)c1. The van der Waals surface area contributed by atoms with E-state index in [2.05, 4.69) is 5.32 Å². The molecule has 0 heterocycles. The Morgan fingerprint density at radius 2 is 2.00 bits per heavy atom. The fraction of sp³-hybridized carbons (Fsp3) is 0.417. The minimum Gasteiger partial charge on any atom is -0.493 e. The Balaban J connectivity index is 3.00. The first kappa shape index (κ1) is 13.3. The van der Waals surface area contributed by atoms with Crippen molar-refractivity contribution in [1.82, 2.24) is 5.32 Å². The number of ether oxygens (including phenoxy) is 2. The number of carbonyl (C=O) groups is 1. The molecule has 0 bridgehead atoms. The lowest BCUT2D eigenvalue weighted by atomic mass is 10.0. The van der Waals surface area contributed by atoms with Crippen molar-refractivity contribution < 1.29 is 19.4 Å². The zero-order chi connectivity index (χ0) is 12.8. The number of hydrogen-bond acceptors (Lipinski definition) is 4. The molecule has 0 amide bonds. The second kappa shape index (κ2) is 6.10. The molecule has 0 saturated heterocycles. The maximum Gasteiger partial charge on any atom is 0.305 e. The van der Waals surface area contributed by atoms with Gasteiger partial charge in [-0.3, -0.25) is 4.79 Å². The van der Waals surface area contributed by atoms with Crippen LogP contribution in [-0.4, -0.2) is 32.3 Å². The summed E-state index contributed by atoms with van der Waals surface area (Å²) in [6.07, 6.45) is 0.0198. The molecule has 0 spiro atoms. The lowest BCUT2D eigenvalue weighted by molar-refractivity contribution is -0.137. The number of carboxylic acid groups (broad SMARTS) is 1. The van der Waals surface area contributed by atoms with Crippen molar-refractivity contribution >= 4 is 5.97 Å². The molecule has 0 fully saturated rings. The van der Waals surface area contributed by atoms with Gasteiger partial charge in [0, 0.05) is 6.04 Å². The van der Waals surface area contributed by atoms with Crippen LogP contribution in [-0.2, 0) is 4.79 Å². The van der Waals surface area contributed by atoms with E-state index in [1.807, 2.05) is 6.07 Å². The summed E-state index contributed by atoms with van der Waals surface area (Å²) in [6.45, 7) is 0. The summed E-state index contributed by atoms with van der Waals surface area (Å²) in [5, 5.41) is 11.8. The highest BCUT2D eigenvalue weighted by Crippen LogP contribution is 2.30. The second-order valence-electron chi connectivity index (χ2n) is 3.55. The first-order valence-corrected chi connectivity index (χ1v) is 5.23. The smallest absolute Gasteiger partial charge is 0.305 e. The quantitative estimate of drug-likeness (QED) is 0.786. The van der Waals surface area contributed by atoms with Gasteiger partial charge in [0.2, 0.25) is 0 Å². The van der Waals surface area contributed by atoms with Gasteiger partial charge < -0.3 is 19.9 Å². The van der Waals surface area contributed by atoms with Gasteiger partial charge in [-0.2, -0.15) is 0 Å². The monoisotopic (exact) mass is 239 g/mol. The van der Waals surface area contributed by atoms with Crippen LogP contribution in [0.1, 0.15) is 18.0 Å². The molecular weight excluding hydrogens is 222 g/mol. The molecule has 5 nitrogen and oxygen atoms in total. The number of aliphatic carboxylic acids is 1. The van der Waals surface area contributed by atoms with Crippen molar-refractivity contribution in [3.8, 4) is 11.5 Å². The summed E-state index contributed by atoms with van der Waals surface area (Å²) in [4.78, 5) is 10.7. The van der Waals surface area contributed by atoms with Gasteiger partial charge in [0.25, 0.3) is 0 Å². The van der Waals surface area contributed by atoms with E-state index >= 15 is 0 Å². The first-order chi connectivity index (χ1) is 8.12. The van der Waals surface area contributed by atoms with E-state index in [1.54, 1.807) is 33.4 Å². The average molecular weight is 239 g/mol. The molecule has 0 aliphatic rings. The van der Waals surface area contributed by atoms with Crippen LogP contribution in [0.5, 0.6) is 11.5 Å². The maximum atomic E-state index is 10.7. The molecule has 1 aromatic carbocycles. The Morgan fingerprint density at radius 3 is 2.47 bits per heavy atom. The minimum absolute atomic E-state index is 0.0198. The van der Waals surface area contributed by atoms with E-state index in [-0.39, 0.29) is 12.5 Å². The van der Waals surface area contributed by atoms with Crippen LogP contribution in [0.15, 0.2) is 18.2 Å². The van der Waals surface area contributed by atoms with Crippen LogP contribution >= 0.6 is 0 Å². The van der Waals surface area contributed by atoms with Crippen LogP contribution in [0.3, 0.4) is 0 Å². The number of nitrogens with one attached hydrogen (secondary N) is 1. The molecule has 17 heavy (non-hydrogen) atoms. The zero-order valence-corrected chi connectivity index (χ0v) is 10.2. The highest BCUT2D eigenvalue weighted by Gasteiger charge is 2.15. The molecule has 0 aliphatic heterocycles. The van der Waals surface area contributed by atoms with Crippen LogP contribution < -0.4 is 14.8 Å². The van der Waals surface area contributed by atoms with E-state index in [9.17, 15) is 4.79 Å². The normalized spacial score (nSPS) is 11.9. The van der Waals surface area contributed by atoms with E-state index in [0.717, 1.165) is 5.56 Å². The minimum atomic E-state index is -0.848. The first-order valence-electron chi connectivity index (χ1n) is 5.23. The Hall–Kier alpha value is -1.75. The fourth-order valence-electron chi connectivity index (χ4n) is 1.63. The molecule has 1 unspecified atom stereocenters. The van der Waals surface area contributed by atoms with Crippen LogP contribution in [0.2, 0.25) is 0 Å². The van der Waals surface area contributed by atoms with Crippen molar-refractivity contribution in [2.75, 3.05) is 21.3 Å². The third-order valence-electron chi connectivity index (χ3n) is 2.54. The summed E-state index contributed by atoms with van der Waals surface area (Å²) >= 11 is 0. The summed E-state index contributed by atoms with van der Waals surface area (Å²) in [5.41, 5.74) is 0.854. The number of rotatable bonds is 6.